The summed E-state index contributed by atoms with van der Waals surface area (Å²) in [6.07, 6.45) is -5.05. The number of hydrogen-bond donors (Lipinski definition) is 4. The summed E-state index contributed by atoms with van der Waals surface area (Å²) in [6, 6.07) is 22.7. The third-order valence-electron chi connectivity index (χ3n) is 6.33. The van der Waals surface area contributed by atoms with E-state index in [1.807, 2.05) is 25.1 Å². The van der Waals surface area contributed by atoms with Gasteiger partial charge in [-0.3, -0.25) is 0 Å². The first-order valence-corrected chi connectivity index (χ1v) is 10.9. The molecule has 5 nitrogen and oxygen atoms in total. The van der Waals surface area contributed by atoms with Gasteiger partial charge in [0, 0.05) is 0 Å². The lowest BCUT2D eigenvalue weighted by Crippen LogP contribution is -2.55. The summed E-state index contributed by atoms with van der Waals surface area (Å²) in [5.41, 5.74) is 7.65. The highest BCUT2D eigenvalue weighted by Gasteiger charge is 2.43. The van der Waals surface area contributed by atoms with E-state index < -0.39 is 37.1 Å². The van der Waals surface area contributed by atoms with Crippen LogP contribution in [0.5, 0.6) is 0 Å². The van der Waals surface area contributed by atoms with Crippen LogP contribution in [0.4, 0.5) is 0 Å². The van der Waals surface area contributed by atoms with E-state index in [2.05, 4.69) is 55.5 Å². The first-order valence-electron chi connectivity index (χ1n) is 10.9. The van der Waals surface area contributed by atoms with Crippen molar-refractivity contribution in [3.63, 3.8) is 0 Å². The quantitative estimate of drug-likeness (QED) is 0.496. The Morgan fingerprint density at radius 2 is 1.38 bits per heavy atom. The Kier molecular flexibility index (Phi) is 6.74. The van der Waals surface area contributed by atoms with E-state index in [9.17, 15) is 20.4 Å². The number of ether oxygens (including phenoxy) is 1. The molecule has 0 aromatic heterocycles. The Morgan fingerprint density at radius 1 is 0.750 bits per heavy atom. The van der Waals surface area contributed by atoms with Gasteiger partial charge in [0.05, 0.1) is 6.61 Å². The number of aryl methyl sites for hydroxylation is 2. The maximum absolute atomic E-state index is 10.5. The smallest absolute Gasteiger partial charge is 0.113 e. The first kappa shape index (κ1) is 22.6. The fourth-order valence-electron chi connectivity index (χ4n) is 4.22. The predicted molar refractivity (Wildman–Crippen MR) is 123 cm³/mol. The standard InChI is InChI=1S/C27H30O5/c1-16-3-8-19(9-4-16)20-11-6-18(7-12-20)13-22-14-21(10-5-17(22)2)27-26(31)25(30)24(29)23(15-28)32-27/h3-12,14,23-31H,13,15H2,1-2H3. The van der Waals surface area contributed by atoms with E-state index in [0.717, 1.165) is 16.7 Å². The van der Waals surface area contributed by atoms with Crippen LogP contribution in [0.3, 0.4) is 0 Å². The molecule has 1 saturated heterocycles. The van der Waals surface area contributed by atoms with Crippen LogP contribution in [0.15, 0.2) is 66.7 Å². The van der Waals surface area contributed by atoms with Gasteiger partial charge in [0.1, 0.15) is 30.5 Å². The van der Waals surface area contributed by atoms with E-state index in [0.29, 0.717) is 12.0 Å². The monoisotopic (exact) mass is 434 g/mol. The van der Waals surface area contributed by atoms with Crippen LogP contribution in [0.25, 0.3) is 11.1 Å². The number of aliphatic hydroxyl groups is 4. The largest absolute Gasteiger partial charge is 0.394 e. The molecule has 0 radical (unpaired) electrons. The summed E-state index contributed by atoms with van der Waals surface area (Å²) in [5.74, 6) is 0. The molecule has 1 fully saturated rings. The first-order chi connectivity index (χ1) is 15.4. The van der Waals surface area contributed by atoms with Gasteiger partial charge in [0.2, 0.25) is 0 Å². The van der Waals surface area contributed by atoms with Crippen LogP contribution in [0.2, 0.25) is 0 Å². The van der Waals surface area contributed by atoms with Gasteiger partial charge in [-0.15, -0.1) is 0 Å². The third kappa shape index (κ3) is 4.63. The lowest BCUT2D eigenvalue weighted by molar-refractivity contribution is -0.231. The molecule has 5 heteroatoms. The van der Waals surface area contributed by atoms with Gasteiger partial charge in [-0.1, -0.05) is 72.3 Å². The molecule has 4 N–H and O–H groups in total. The summed E-state index contributed by atoms with van der Waals surface area (Å²) >= 11 is 0. The Hall–Kier alpha value is -2.54. The van der Waals surface area contributed by atoms with Gasteiger partial charge in [-0.2, -0.15) is 0 Å². The van der Waals surface area contributed by atoms with E-state index in [1.54, 1.807) is 0 Å². The van der Waals surface area contributed by atoms with Crippen molar-refractivity contribution in [2.24, 2.45) is 0 Å². The molecule has 1 aliphatic heterocycles. The summed E-state index contributed by atoms with van der Waals surface area (Å²) in [5, 5.41) is 40.1. The molecule has 0 aliphatic carbocycles. The fourth-order valence-corrected chi connectivity index (χ4v) is 4.22. The molecule has 4 rings (SSSR count). The molecule has 0 saturated carbocycles. The molecule has 3 aromatic carbocycles. The molecule has 3 aromatic rings. The lowest BCUT2D eigenvalue weighted by Gasteiger charge is -2.40. The third-order valence-corrected chi connectivity index (χ3v) is 6.33. The molecule has 168 valence electrons. The average molecular weight is 435 g/mol. The van der Waals surface area contributed by atoms with E-state index in [4.69, 9.17) is 4.74 Å². The second-order valence-electron chi connectivity index (χ2n) is 8.68. The Labute approximate surface area is 188 Å². The zero-order valence-electron chi connectivity index (χ0n) is 18.3. The highest BCUT2D eigenvalue weighted by molar-refractivity contribution is 5.64. The number of hydrogen-bond acceptors (Lipinski definition) is 5. The summed E-state index contributed by atoms with van der Waals surface area (Å²) < 4.78 is 5.72. The highest BCUT2D eigenvalue weighted by atomic mass is 16.5. The van der Waals surface area contributed by atoms with E-state index in [-0.39, 0.29) is 0 Å². The van der Waals surface area contributed by atoms with Crippen molar-refractivity contribution in [2.75, 3.05) is 6.61 Å². The Balaban J connectivity index is 1.55. The molecule has 5 unspecified atom stereocenters. The maximum Gasteiger partial charge on any atom is 0.113 e. The second-order valence-corrected chi connectivity index (χ2v) is 8.68. The molecule has 5 atom stereocenters. The lowest BCUT2D eigenvalue weighted by atomic mass is 9.89. The number of benzene rings is 3. The van der Waals surface area contributed by atoms with Crippen LogP contribution >= 0.6 is 0 Å². The van der Waals surface area contributed by atoms with E-state index in [1.165, 1.54) is 16.7 Å². The van der Waals surface area contributed by atoms with Crippen molar-refractivity contribution in [2.45, 2.75) is 50.8 Å². The van der Waals surface area contributed by atoms with Crippen molar-refractivity contribution in [3.8, 4) is 11.1 Å². The van der Waals surface area contributed by atoms with Crippen molar-refractivity contribution in [1.29, 1.82) is 0 Å². The zero-order valence-corrected chi connectivity index (χ0v) is 18.3. The predicted octanol–water partition coefficient (Wildman–Crippen LogP) is 3.08. The van der Waals surface area contributed by atoms with Gasteiger partial charge in [0.25, 0.3) is 0 Å². The molecule has 1 heterocycles. The molecular formula is C27H30O5. The van der Waals surface area contributed by atoms with Crippen LogP contribution in [-0.4, -0.2) is 51.4 Å². The molecule has 0 amide bonds. The molecule has 0 bridgehead atoms. The van der Waals surface area contributed by atoms with Gasteiger partial charge in [-0.05, 0) is 53.6 Å². The average Bonchev–Trinajstić information content (AvgIpc) is 2.80. The molecule has 1 aliphatic rings. The summed E-state index contributed by atoms with van der Waals surface area (Å²) in [6.45, 7) is 3.67. The van der Waals surface area contributed by atoms with Gasteiger partial charge in [0.15, 0.2) is 0 Å². The van der Waals surface area contributed by atoms with Crippen LogP contribution in [0.1, 0.15) is 33.9 Å². The molecular weight excluding hydrogens is 404 g/mol. The minimum absolute atomic E-state index is 0.437. The minimum Gasteiger partial charge on any atom is -0.394 e. The number of aliphatic hydroxyl groups excluding tert-OH is 4. The van der Waals surface area contributed by atoms with Crippen LogP contribution in [-0.2, 0) is 11.2 Å². The van der Waals surface area contributed by atoms with Gasteiger partial charge in [-0.25, -0.2) is 0 Å². The normalized spacial score (nSPS) is 25.6. The number of rotatable bonds is 5. The van der Waals surface area contributed by atoms with Crippen molar-refractivity contribution < 1.29 is 25.2 Å². The van der Waals surface area contributed by atoms with Gasteiger partial charge < -0.3 is 25.2 Å². The highest BCUT2D eigenvalue weighted by Crippen LogP contribution is 2.33. The second kappa shape index (κ2) is 9.53. The molecule has 32 heavy (non-hydrogen) atoms. The fraction of sp³-hybridized carbons (Fsp3) is 0.333. The maximum atomic E-state index is 10.5. The summed E-state index contributed by atoms with van der Waals surface area (Å²) in [4.78, 5) is 0. The Bertz CT molecular complexity index is 1040. The SMILES string of the molecule is Cc1ccc(-c2ccc(Cc3cc(C4OC(CO)C(O)C(O)C4O)ccc3C)cc2)cc1. The Morgan fingerprint density at radius 3 is 2.00 bits per heavy atom. The summed E-state index contributed by atoms with van der Waals surface area (Å²) in [7, 11) is 0. The zero-order chi connectivity index (χ0) is 22.8. The van der Waals surface area contributed by atoms with E-state index >= 15 is 0 Å². The van der Waals surface area contributed by atoms with Crippen molar-refractivity contribution in [3.05, 3.63) is 94.5 Å². The van der Waals surface area contributed by atoms with Crippen LogP contribution < -0.4 is 0 Å². The van der Waals surface area contributed by atoms with Crippen LogP contribution in [0, 0.1) is 13.8 Å². The minimum atomic E-state index is -1.38. The van der Waals surface area contributed by atoms with Crippen molar-refractivity contribution in [1.82, 2.24) is 0 Å². The van der Waals surface area contributed by atoms with Gasteiger partial charge >= 0.3 is 0 Å². The topological polar surface area (TPSA) is 90.2 Å². The molecule has 0 spiro atoms. The van der Waals surface area contributed by atoms with Crippen molar-refractivity contribution >= 4 is 0 Å².